The maximum atomic E-state index is 5.75. The van der Waals surface area contributed by atoms with Crippen LogP contribution in [0.2, 0.25) is 0 Å². The summed E-state index contributed by atoms with van der Waals surface area (Å²) in [7, 11) is 1.82. The summed E-state index contributed by atoms with van der Waals surface area (Å²) in [5.41, 5.74) is 6.66. The third kappa shape index (κ3) is 3.99. The Hall–Kier alpha value is -1.64. The minimum Gasteiger partial charge on any atom is -0.370 e. The Balaban J connectivity index is 0.00000162. The molecule has 7 heteroatoms. The minimum absolute atomic E-state index is 0. The highest BCUT2D eigenvalue weighted by Gasteiger charge is 1.99. The third-order valence-corrected chi connectivity index (χ3v) is 2.24. The van der Waals surface area contributed by atoms with E-state index in [1.165, 1.54) is 6.33 Å². The molecule has 2 aromatic rings. The first-order valence-corrected chi connectivity index (χ1v) is 5.20. The Labute approximate surface area is 122 Å². The number of aromatic nitrogens is 3. The van der Waals surface area contributed by atoms with Gasteiger partial charge in [-0.25, -0.2) is 9.98 Å². The molecule has 18 heavy (non-hydrogen) atoms. The second-order valence-corrected chi connectivity index (χ2v) is 3.49. The monoisotopic (exact) mass is 358 g/mol. The van der Waals surface area contributed by atoms with E-state index >= 15 is 0 Å². The average molecular weight is 358 g/mol. The molecule has 0 aliphatic rings. The number of nitrogens with one attached hydrogen (secondary N) is 1. The van der Waals surface area contributed by atoms with Crippen molar-refractivity contribution in [3.8, 4) is 0 Å². The number of hydrogen-bond donors (Lipinski definition) is 2. The maximum absolute atomic E-state index is 5.75. The second kappa shape index (κ2) is 6.94. The van der Waals surface area contributed by atoms with Crippen molar-refractivity contribution in [2.75, 3.05) is 5.32 Å². The molecule has 0 bridgehead atoms. The van der Waals surface area contributed by atoms with Gasteiger partial charge < -0.3 is 11.1 Å². The van der Waals surface area contributed by atoms with Crippen LogP contribution in [0.5, 0.6) is 0 Å². The second-order valence-electron chi connectivity index (χ2n) is 3.49. The van der Waals surface area contributed by atoms with Crippen LogP contribution in [0.4, 0.5) is 5.69 Å². The molecular weight excluding hydrogens is 343 g/mol. The van der Waals surface area contributed by atoms with Crippen molar-refractivity contribution in [2.45, 2.75) is 6.54 Å². The Bertz CT molecular complexity index is 507. The fourth-order valence-electron chi connectivity index (χ4n) is 1.33. The summed E-state index contributed by atoms with van der Waals surface area (Å²) in [6, 6.07) is 9.64. The first kappa shape index (κ1) is 14.4. The Morgan fingerprint density at radius 2 is 2.11 bits per heavy atom. The summed E-state index contributed by atoms with van der Waals surface area (Å²) >= 11 is 0. The van der Waals surface area contributed by atoms with Gasteiger partial charge >= 0.3 is 0 Å². The standard InChI is InChI=1S/C11H14N6.HI/c1-17-10(14-8-15-17)7-13-11(12)16-9-5-3-2-4-6-9;/h2-6,8H,7H2,1H3,(H3,12,13,16);1H. The summed E-state index contributed by atoms with van der Waals surface area (Å²) < 4.78 is 1.67. The molecular formula is C11H15IN6. The molecule has 6 nitrogen and oxygen atoms in total. The Morgan fingerprint density at radius 3 is 2.72 bits per heavy atom. The van der Waals surface area contributed by atoms with Crippen LogP contribution in [0.3, 0.4) is 0 Å². The van der Waals surface area contributed by atoms with Crippen LogP contribution < -0.4 is 11.1 Å². The van der Waals surface area contributed by atoms with Crippen LogP contribution >= 0.6 is 24.0 Å². The van der Waals surface area contributed by atoms with E-state index in [1.54, 1.807) is 4.68 Å². The zero-order chi connectivity index (χ0) is 12.1. The number of guanidine groups is 1. The quantitative estimate of drug-likeness (QED) is 0.493. The van der Waals surface area contributed by atoms with E-state index in [-0.39, 0.29) is 24.0 Å². The van der Waals surface area contributed by atoms with Gasteiger partial charge in [-0.05, 0) is 12.1 Å². The highest BCUT2D eigenvalue weighted by atomic mass is 127. The molecule has 0 aliphatic heterocycles. The molecule has 0 unspecified atom stereocenters. The molecule has 1 aromatic heterocycles. The van der Waals surface area contributed by atoms with E-state index in [0.29, 0.717) is 12.5 Å². The zero-order valence-corrected chi connectivity index (χ0v) is 12.3. The molecule has 0 radical (unpaired) electrons. The van der Waals surface area contributed by atoms with Crippen molar-refractivity contribution in [1.82, 2.24) is 14.8 Å². The van der Waals surface area contributed by atoms with Crippen LogP contribution in [-0.2, 0) is 13.6 Å². The molecule has 0 aliphatic carbocycles. The number of rotatable bonds is 3. The summed E-state index contributed by atoms with van der Waals surface area (Å²) in [5.74, 6) is 1.13. The van der Waals surface area contributed by atoms with E-state index in [0.717, 1.165) is 11.5 Å². The van der Waals surface area contributed by atoms with Gasteiger partial charge in [0.1, 0.15) is 18.7 Å². The van der Waals surface area contributed by atoms with E-state index in [4.69, 9.17) is 5.73 Å². The van der Waals surface area contributed by atoms with Crippen LogP contribution in [0, 0.1) is 0 Å². The van der Waals surface area contributed by atoms with Crippen molar-refractivity contribution in [3.05, 3.63) is 42.5 Å². The third-order valence-electron chi connectivity index (χ3n) is 2.24. The minimum atomic E-state index is 0. The van der Waals surface area contributed by atoms with Crippen LogP contribution in [0.1, 0.15) is 5.82 Å². The van der Waals surface area contributed by atoms with Gasteiger partial charge in [0.2, 0.25) is 0 Å². The molecule has 1 heterocycles. The van der Waals surface area contributed by atoms with E-state index in [1.807, 2.05) is 37.4 Å². The fraction of sp³-hybridized carbons (Fsp3) is 0.182. The number of para-hydroxylation sites is 1. The smallest absolute Gasteiger partial charge is 0.193 e. The number of anilines is 1. The van der Waals surface area contributed by atoms with Gasteiger partial charge in [0.15, 0.2) is 5.96 Å². The summed E-state index contributed by atoms with van der Waals surface area (Å²) in [6.45, 7) is 0.405. The lowest BCUT2D eigenvalue weighted by molar-refractivity contribution is 0.702. The molecule has 0 amide bonds. The topological polar surface area (TPSA) is 81.1 Å². The van der Waals surface area contributed by atoms with Gasteiger partial charge in [0, 0.05) is 12.7 Å². The number of aliphatic imine (C=N–C) groups is 1. The van der Waals surface area contributed by atoms with Crippen molar-refractivity contribution < 1.29 is 0 Å². The molecule has 3 N–H and O–H groups in total. The first-order chi connectivity index (χ1) is 8.25. The largest absolute Gasteiger partial charge is 0.370 e. The number of halogens is 1. The first-order valence-electron chi connectivity index (χ1n) is 5.20. The number of benzene rings is 1. The molecule has 0 saturated heterocycles. The number of nitrogens with two attached hydrogens (primary N) is 1. The Morgan fingerprint density at radius 1 is 1.39 bits per heavy atom. The number of nitrogens with zero attached hydrogens (tertiary/aromatic N) is 4. The fourth-order valence-corrected chi connectivity index (χ4v) is 1.33. The van der Waals surface area contributed by atoms with Gasteiger partial charge in [-0.15, -0.1) is 24.0 Å². The summed E-state index contributed by atoms with van der Waals surface area (Å²) in [4.78, 5) is 8.24. The Kier molecular flexibility index (Phi) is 5.56. The molecule has 96 valence electrons. The molecule has 2 rings (SSSR count). The highest BCUT2D eigenvalue weighted by Crippen LogP contribution is 2.04. The van der Waals surface area contributed by atoms with Crippen molar-refractivity contribution in [1.29, 1.82) is 0 Å². The predicted octanol–water partition coefficient (Wildman–Crippen LogP) is 1.36. The highest BCUT2D eigenvalue weighted by molar-refractivity contribution is 14.0. The van der Waals surface area contributed by atoms with Gasteiger partial charge in [0.25, 0.3) is 0 Å². The van der Waals surface area contributed by atoms with Gasteiger partial charge in [-0.3, -0.25) is 4.68 Å². The molecule has 0 atom stereocenters. The lowest BCUT2D eigenvalue weighted by Crippen LogP contribution is -2.22. The lowest BCUT2D eigenvalue weighted by atomic mass is 10.3. The van der Waals surface area contributed by atoms with E-state index in [2.05, 4.69) is 20.4 Å². The zero-order valence-electron chi connectivity index (χ0n) is 9.95. The molecule has 0 fully saturated rings. The SMILES string of the molecule is Cn1ncnc1CN=C(N)Nc1ccccc1.I. The van der Waals surface area contributed by atoms with E-state index in [9.17, 15) is 0 Å². The summed E-state index contributed by atoms with van der Waals surface area (Å²) in [5, 5.41) is 6.95. The van der Waals surface area contributed by atoms with Crippen molar-refractivity contribution in [3.63, 3.8) is 0 Å². The molecule has 0 saturated carbocycles. The lowest BCUT2D eigenvalue weighted by Gasteiger charge is -2.04. The van der Waals surface area contributed by atoms with Gasteiger partial charge in [-0.1, -0.05) is 18.2 Å². The molecule has 1 aromatic carbocycles. The van der Waals surface area contributed by atoms with Gasteiger partial charge in [0.05, 0.1) is 0 Å². The molecule has 0 spiro atoms. The van der Waals surface area contributed by atoms with Crippen LogP contribution in [0.25, 0.3) is 0 Å². The van der Waals surface area contributed by atoms with Crippen LogP contribution in [-0.4, -0.2) is 20.7 Å². The van der Waals surface area contributed by atoms with Crippen molar-refractivity contribution >= 4 is 35.6 Å². The van der Waals surface area contributed by atoms with Crippen molar-refractivity contribution in [2.24, 2.45) is 17.8 Å². The van der Waals surface area contributed by atoms with Gasteiger partial charge in [-0.2, -0.15) is 5.10 Å². The summed E-state index contributed by atoms with van der Waals surface area (Å²) in [6.07, 6.45) is 1.49. The number of hydrogen-bond acceptors (Lipinski definition) is 3. The average Bonchev–Trinajstić information content (AvgIpc) is 2.74. The van der Waals surface area contributed by atoms with Crippen LogP contribution in [0.15, 0.2) is 41.7 Å². The normalized spacial score (nSPS) is 10.8. The van der Waals surface area contributed by atoms with E-state index < -0.39 is 0 Å². The maximum Gasteiger partial charge on any atom is 0.193 e. The number of aryl methyl sites for hydroxylation is 1. The predicted molar refractivity (Wildman–Crippen MR) is 81.8 cm³/mol.